The number of anilines is 1. The molecule has 0 radical (unpaired) electrons. The van der Waals surface area contributed by atoms with Crippen LogP contribution in [0, 0.1) is 12.7 Å². The van der Waals surface area contributed by atoms with Crippen LogP contribution in [-0.4, -0.2) is 59.9 Å². The zero-order valence-corrected chi connectivity index (χ0v) is 17.8. The molecule has 4 rings (SSSR count). The first-order valence-electron chi connectivity index (χ1n) is 10.7. The molecule has 162 valence electrons. The minimum absolute atomic E-state index is 0.125. The van der Waals surface area contributed by atoms with Gasteiger partial charge in [0.25, 0.3) is 5.91 Å². The van der Waals surface area contributed by atoms with E-state index in [2.05, 4.69) is 44.5 Å². The van der Waals surface area contributed by atoms with E-state index in [0.717, 1.165) is 50.5 Å². The molecule has 0 bridgehead atoms. The number of carbonyl (C=O) groups is 1. The number of nitrogens with one attached hydrogen (secondary N) is 1. The Hall–Kier alpha value is -3.19. The molecule has 1 amide bonds. The molecule has 1 aliphatic rings. The Morgan fingerprint density at radius 1 is 1.00 bits per heavy atom. The summed E-state index contributed by atoms with van der Waals surface area (Å²) < 4.78 is 14.8. The number of halogens is 1. The maximum atomic E-state index is 13.1. The summed E-state index contributed by atoms with van der Waals surface area (Å²) in [5.74, 6) is -0.423. The molecule has 1 aromatic heterocycles. The van der Waals surface area contributed by atoms with Crippen molar-refractivity contribution in [2.45, 2.75) is 13.3 Å². The van der Waals surface area contributed by atoms with E-state index >= 15 is 0 Å². The Labute approximate surface area is 182 Å². The van der Waals surface area contributed by atoms with Crippen LogP contribution >= 0.6 is 0 Å². The van der Waals surface area contributed by atoms with Gasteiger partial charge in [-0.1, -0.05) is 18.2 Å². The summed E-state index contributed by atoms with van der Waals surface area (Å²) in [5, 5.41) is 7.29. The molecule has 1 saturated heterocycles. The molecule has 1 aliphatic heterocycles. The average Bonchev–Trinajstić information content (AvgIpc) is 3.19. The largest absolute Gasteiger partial charge is 0.369 e. The highest BCUT2D eigenvalue weighted by Crippen LogP contribution is 2.16. The molecule has 0 atom stereocenters. The molecule has 0 spiro atoms. The molecule has 0 aliphatic carbocycles. The summed E-state index contributed by atoms with van der Waals surface area (Å²) in [4.78, 5) is 17.4. The highest BCUT2D eigenvalue weighted by atomic mass is 19.1. The van der Waals surface area contributed by atoms with Crippen LogP contribution in [-0.2, 0) is 0 Å². The summed E-state index contributed by atoms with van der Waals surface area (Å²) in [6, 6.07) is 16.6. The minimum Gasteiger partial charge on any atom is -0.369 e. The Kier molecular flexibility index (Phi) is 6.62. The molecule has 6 nitrogen and oxygen atoms in total. The lowest BCUT2D eigenvalue weighted by atomic mass is 10.2. The number of nitrogens with zero attached hydrogens (tertiary/aromatic N) is 4. The first-order valence-corrected chi connectivity index (χ1v) is 10.7. The van der Waals surface area contributed by atoms with Gasteiger partial charge in [0.15, 0.2) is 0 Å². The van der Waals surface area contributed by atoms with Gasteiger partial charge < -0.3 is 10.2 Å². The van der Waals surface area contributed by atoms with E-state index in [1.165, 1.54) is 17.8 Å². The summed E-state index contributed by atoms with van der Waals surface area (Å²) in [6.45, 7) is 7.56. The summed E-state index contributed by atoms with van der Waals surface area (Å²) in [7, 11) is 0. The van der Waals surface area contributed by atoms with Crippen LogP contribution in [0.25, 0.3) is 5.69 Å². The quantitative estimate of drug-likeness (QED) is 0.595. The van der Waals surface area contributed by atoms with Crippen molar-refractivity contribution < 1.29 is 9.18 Å². The van der Waals surface area contributed by atoms with Crippen molar-refractivity contribution in [1.82, 2.24) is 20.0 Å². The lowest BCUT2D eigenvalue weighted by Crippen LogP contribution is -2.47. The third-order valence-corrected chi connectivity index (χ3v) is 5.76. The molecule has 1 fully saturated rings. The highest BCUT2D eigenvalue weighted by Gasteiger charge is 2.17. The fourth-order valence-corrected chi connectivity index (χ4v) is 3.94. The van der Waals surface area contributed by atoms with E-state index in [1.54, 1.807) is 23.0 Å². The molecule has 2 heterocycles. The SMILES string of the molecule is Cc1c(C(=O)NCCCN2CCN(c3ccccc3)CC2)cnn1-c1ccc(F)cc1. The van der Waals surface area contributed by atoms with Gasteiger partial charge in [-0.2, -0.15) is 5.10 Å². The van der Waals surface area contributed by atoms with Crippen molar-refractivity contribution in [1.29, 1.82) is 0 Å². The summed E-state index contributed by atoms with van der Waals surface area (Å²) in [5.41, 5.74) is 3.29. The number of rotatable bonds is 7. The molecule has 0 unspecified atom stereocenters. The lowest BCUT2D eigenvalue weighted by Gasteiger charge is -2.36. The van der Waals surface area contributed by atoms with Crippen molar-refractivity contribution >= 4 is 11.6 Å². The second-order valence-electron chi connectivity index (χ2n) is 7.81. The van der Waals surface area contributed by atoms with Crippen LogP contribution in [0.1, 0.15) is 22.5 Å². The van der Waals surface area contributed by atoms with E-state index in [9.17, 15) is 9.18 Å². The smallest absolute Gasteiger partial charge is 0.254 e. The van der Waals surface area contributed by atoms with E-state index in [1.807, 2.05) is 13.0 Å². The van der Waals surface area contributed by atoms with Crippen molar-refractivity contribution in [3.8, 4) is 5.69 Å². The van der Waals surface area contributed by atoms with Crippen LogP contribution in [0.15, 0.2) is 60.8 Å². The summed E-state index contributed by atoms with van der Waals surface area (Å²) in [6.07, 6.45) is 2.47. The Morgan fingerprint density at radius 2 is 1.71 bits per heavy atom. The average molecular weight is 422 g/mol. The molecule has 1 N–H and O–H groups in total. The molecule has 3 aromatic rings. The van der Waals surface area contributed by atoms with E-state index in [0.29, 0.717) is 12.1 Å². The van der Waals surface area contributed by atoms with Gasteiger partial charge in [-0.05, 0) is 56.3 Å². The number of hydrogen-bond donors (Lipinski definition) is 1. The zero-order chi connectivity index (χ0) is 21.6. The standard InChI is InChI=1S/C24H28FN5O/c1-19-23(18-27-30(19)22-10-8-20(25)9-11-22)24(31)26-12-5-13-28-14-16-29(17-15-28)21-6-3-2-4-7-21/h2-4,6-11,18H,5,12-17H2,1H3,(H,26,31). The molecular weight excluding hydrogens is 393 g/mol. The second kappa shape index (κ2) is 9.75. The molecular formula is C24H28FN5O. The fraction of sp³-hybridized carbons (Fsp3) is 0.333. The van der Waals surface area contributed by atoms with Gasteiger partial charge in [0, 0.05) is 38.4 Å². The topological polar surface area (TPSA) is 53.4 Å². The van der Waals surface area contributed by atoms with Gasteiger partial charge in [0.1, 0.15) is 5.82 Å². The first-order chi connectivity index (χ1) is 15.1. The number of hydrogen-bond acceptors (Lipinski definition) is 4. The van der Waals surface area contributed by atoms with Gasteiger partial charge in [0.05, 0.1) is 23.1 Å². The Bertz CT molecular complexity index is 995. The van der Waals surface area contributed by atoms with E-state index in [4.69, 9.17) is 0 Å². The Morgan fingerprint density at radius 3 is 2.42 bits per heavy atom. The number of para-hydroxylation sites is 1. The van der Waals surface area contributed by atoms with Gasteiger partial charge in [-0.3, -0.25) is 9.69 Å². The van der Waals surface area contributed by atoms with Crippen LogP contribution in [0.5, 0.6) is 0 Å². The number of aromatic nitrogens is 2. The van der Waals surface area contributed by atoms with Crippen molar-refractivity contribution in [3.63, 3.8) is 0 Å². The van der Waals surface area contributed by atoms with E-state index < -0.39 is 0 Å². The van der Waals surface area contributed by atoms with Gasteiger partial charge >= 0.3 is 0 Å². The maximum Gasteiger partial charge on any atom is 0.254 e. The number of benzene rings is 2. The number of carbonyl (C=O) groups excluding carboxylic acids is 1. The van der Waals surface area contributed by atoms with Crippen LogP contribution in [0.2, 0.25) is 0 Å². The molecule has 2 aromatic carbocycles. The minimum atomic E-state index is -0.298. The Balaban J connectivity index is 1.21. The summed E-state index contributed by atoms with van der Waals surface area (Å²) >= 11 is 0. The molecule has 0 saturated carbocycles. The monoisotopic (exact) mass is 421 g/mol. The van der Waals surface area contributed by atoms with Crippen molar-refractivity contribution in [2.75, 3.05) is 44.2 Å². The lowest BCUT2D eigenvalue weighted by molar-refractivity contribution is 0.0951. The van der Waals surface area contributed by atoms with Crippen molar-refractivity contribution in [3.05, 3.63) is 77.9 Å². The maximum absolute atomic E-state index is 13.1. The second-order valence-corrected chi connectivity index (χ2v) is 7.81. The molecule has 31 heavy (non-hydrogen) atoms. The molecule has 7 heteroatoms. The van der Waals surface area contributed by atoms with Gasteiger partial charge in [-0.25, -0.2) is 9.07 Å². The van der Waals surface area contributed by atoms with Gasteiger partial charge in [0.2, 0.25) is 0 Å². The fourth-order valence-electron chi connectivity index (χ4n) is 3.94. The highest BCUT2D eigenvalue weighted by molar-refractivity contribution is 5.95. The van der Waals surface area contributed by atoms with Crippen LogP contribution < -0.4 is 10.2 Å². The van der Waals surface area contributed by atoms with Gasteiger partial charge in [-0.15, -0.1) is 0 Å². The predicted molar refractivity (Wildman–Crippen MR) is 120 cm³/mol. The first kappa shape index (κ1) is 21.1. The zero-order valence-electron chi connectivity index (χ0n) is 17.8. The third kappa shape index (κ3) is 5.11. The number of piperazine rings is 1. The van der Waals surface area contributed by atoms with Crippen LogP contribution in [0.3, 0.4) is 0 Å². The number of amides is 1. The van der Waals surface area contributed by atoms with E-state index in [-0.39, 0.29) is 11.7 Å². The normalized spacial score (nSPS) is 14.6. The van der Waals surface area contributed by atoms with Crippen LogP contribution in [0.4, 0.5) is 10.1 Å². The predicted octanol–water partition coefficient (Wildman–Crippen LogP) is 3.26. The third-order valence-electron chi connectivity index (χ3n) is 5.76. The van der Waals surface area contributed by atoms with Crippen molar-refractivity contribution in [2.24, 2.45) is 0 Å².